The normalized spacial score (nSPS) is 10.9. The van der Waals surface area contributed by atoms with Gasteiger partial charge in [0.05, 0.1) is 20.2 Å². The number of methoxy groups -OCH3 is 1. The first kappa shape index (κ1) is 16.1. The minimum absolute atomic E-state index is 0.00632. The lowest BCUT2D eigenvalue weighted by molar-refractivity contribution is -0.119. The van der Waals surface area contributed by atoms with E-state index in [-0.39, 0.29) is 36.2 Å². The van der Waals surface area contributed by atoms with Crippen molar-refractivity contribution in [2.45, 2.75) is 19.9 Å². The molecule has 0 saturated heterocycles. The zero-order valence-electron chi connectivity index (χ0n) is 11.9. The van der Waals surface area contributed by atoms with Gasteiger partial charge in [-0.15, -0.1) is 0 Å². The molecule has 110 valence electrons. The smallest absolute Gasteiger partial charge is 0.231 e. The van der Waals surface area contributed by atoms with Crippen molar-refractivity contribution in [3.63, 3.8) is 0 Å². The fraction of sp³-hybridized carbons (Fsp3) is 0.429. The van der Waals surface area contributed by atoms with Gasteiger partial charge in [-0.1, -0.05) is 0 Å². The van der Waals surface area contributed by atoms with E-state index in [0.717, 1.165) is 6.07 Å². The van der Waals surface area contributed by atoms with Crippen molar-refractivity contribution in [1.82, 2.24) is 4.90 Å². The van der Waals surface area contributed by atoms with E-state index in [4.69, 9.17) is 10.5 Å². The van der Waals surface area contributed by atoms with Gasteiger partial charge in [-0.2, -0.15) is 0 Å². The molecule has 0 unspecified atom stereocenters. The van der Waals surface area contributed by atoms with E-state index in [1.807, 2.05) is 13.8 Å². The monoisotopic (exact) mass is 282 g/mol. The highest BCUT2D eigenvalue weighted by Gasteiger charge is 2.18. The van der Waals surface area contributed by atoms with Crippen LogP contribution in [-0.4, -0.2) is 42.8 Å². The Bertz CT molecular complexity index is 503. The van der Waals surface area contributed by atoms with Crippen LogP contribution < -0.4 is 10.5 Å². The minimum atomic E-state index is -0.593. The van der Waals surface area contributed by atoms with Gasteiger partial charge in [-0.05, 0) is 32.0 Å². The number of hydrogen-bond donors (Lipinski definition) is 1. The second-order valence-corrected chi connectivity index (χ2v) is 4.74. The van der Waals surface area contributed by atoms with Crippen LogP contribution in [0.5, 0.6) is 5.75 Å². The van der Waals surface area contributed by atoms with Crippen LogP contribution in [0.4, 0.5) is 4.39 Å². The molecule has 0 fully saturated rings. The number of ketones is 1. The number of Topliss-reactive ketones (excluding diaryl/α,β-unsaturated/α-hetero) is 1. The van der Waals surface area contributed by atoms with E-state index in [1.165, 1.54) is 19.2 Å². The highest BCUT2D eigenvalue weighted by atomic mass is 19.1. The summed E-state index contributed by atoms with van der Waals surface area (Å²) >= 11 is 0. The highest BCUT2D eigenvalue weighted by molar-refractivity contribution is 5.98. The quantitative estimate of drug-likeness (QED) is 0.763. The Hall–Kier alpha value is -1.95. The first-order valence-electron chi connectivity index (χ1n) is 6.24. The van der Waals surface area contributed by atoms with Crippen molar-refractivity contribution < 1.29 is 18.7 Å². The Morgan fingerprint density at radius 1 is 1.35 bits per heavy atom. The first-order valence-corrected chi connectivity index (χ1v) is 6.24. The van der Waals surface area contributed by atoms with Crippen LogP contribution in [0.1, 0.15) is 24.2 Å². The average molecular weight is 282 g/mol. The van der Waals surface area contributed by atoms with Gasteiger partial charge in [0.25, 0.3) is 0 Å². The molecule has 1 aromatic rings. The number of hydrogen-bond acceptors (Lipinski definition) is 4. The summed E-state index contributed by atoms with van der Waals surface area (Å²) in [5.74, 6) is -1.29. The lowest BCUT2D eigenvalue weighted by Gasteiger charge is -2.24. The number of halogens is 1. The molecule has 6 heteroatoms. The number of primary amides is 1. The summed E-state index contributed by atoms with van der Waals surface area (Å²) in [4.78, 5) is 24.7. The van der Waals surface area contributed by atoms with Crippen molar-refractivity contribution in [2.24, 2.45) is 5.73 Å². The maximum absolute atomic E-state index is 13.6. The van der Waals surface area contributed by atoms with E-state index >= 15 is 0 Å². The van der Waals surface area contributed by atoms with Crippen LogP contribution in [0.15, 0.2) is 18.2 Å². The molecule has 1 aromatic carbocycles. The average Bonchev–Trinajstić information content (AvgIpc) is 2.37. The van der Waals surface area contributed by atoms with Crippen LogP contribution in [-0.2, 0) is 4.79 Å². The van der Waals surface area contributed by atoms with Crippen molar-refractivity contribution in [3.8, 4) is 5.75 Å². The zero-order valence-corrected chi connectivity index (χ0v) is 11.9. The fourth-order valence-electron chi connectivity index (χ4n) is 1.74. The Kier molecular flexibility index (Phi) is 5.64. The molecule has 0 aliphatic heterocycles. The molecule has 5 nitrogen and oxygen atoms in total. The Morgan fingerprint density at radius 2 is 2.00 bits per heavy atom. The van der Waals surface area contributed by atoms with Gasteiger partial charge in [0.1, 0.15) is 0 Å². The topological polar surface area (TPSA) is 72.6 Å². The van der Waals surface area contributed by atoms with Crippen LogP contribution in [0, 0.1) is 5.82 Å². The van der Waals surface area contributed by atoms with E-state index < -0.39 is 11.7 Å². The molecule has 0 atom stereocenters. The molecule has 0 aromatic heterocycles. The third kappa shape index (κ3) is 4.31. The summed E-state index contributed by atoms with van der Waals surface area (Å²) in [5.41, 5.74) is 5.37. The molecule has 0 spiro atoms. The van der Waals surface area contributed by atoms with Crippen LogP contribution in [0.2, 0.25) is 0 Å². The number of nitrogens with zero attached hydrogens (tertiary/aromatic N) is 1. The molecule has 0 aliphatic rings. The van der Waals surface area contributed by atoms with E-state index in [2.05, 4.69) is 0 Å². The van der Waals surface area contributed by atoms with Crippen LogP contribution in [0.25, 0.3) is 0 Å². The third-order valence-electron chi connectivity index (χ3n) is 2.91. The molecule has 0 bridgehead atoms. The Balaban J connectivity index is 2.83. The van der Waals surface area contributed by atoms with Gasteiger partial charge in [0.2, 0.25) is 5.91 Å². The molecule has 0 saturated carbocycles. The number of nitrogens with two attached hydrogens (primary N) is 1. The van der Waals surface area contributed by atoms with Crippen molar-refractivity contribution in [2.75, 3.05) is 20.2 Å². The largest absolute Gasteiger partial charge is 0.494 e. The van der Waals surface area contributed by atoms with Gasteiger partial charge in [-0.3, -0.25) is 14.5 Å². The molecular weight excluding hydrogens is 263 g/mol. The van der Waals surface area contributed by atoms with Crippen molar-refractivity contribution in [3.05, 3.63) is 29.6 Å². The van der Waals surface area contributed by atoms with Gasteiger partial charge in [-0.25, -0.2) is 4.39 Å². The van der Waals surface area contributed by atoms with E-state index in [9.17, 15) is 14.0 Å². The predicted octanol–water partition coefficient (Wildman–Crippen LogP) is 1.21. The van der Waals surface area contributed by atoms with Crippen molar-refractivity contribution in [1.29, 1.82) is 0 Å². The van der Waals surface area contributed by atoms with E-state index in [0.29, 0.717) is 0 Å². The molecular formula is C14H19FN2O3. The van der Waals surface area contributed by atoms with Crippen LogP contribution in [0.3, 0.4) is 0 Å². The molecule has 2 N–H and O–H groups in total. The molecule has 0 heterocycles. The second kappa shape index (κ2) is 7.00. The number of rotatable bonds is 7. The molecule has 1 rings (SSSR count). The first-order chi connectivity index (χ1) is 9.35. The summed E-state index contributed by atoms with van der Waals surface area (Å²) in [6.07, 6.45) is 0. The molecule has 0 radical (unpaired) electrons. The summed E-state index contributed by atoms with van der Waals surface area (Å²) in [5, 5.41) is 0. The second-order valence-electron chi connectivity index (χ2n) is 4.74. The summed E-state index contributed by atoms with van der Waals surface area (Å²) in [6, 6.07) is 4.00. The number of ether oxygens (including phenoxy) is 1. The fourth-order valence-corrected chi connectivity index (χ4v) is 1.74. The van der Waals surface area contributed by atoms with Gasteiger partial charge in [0.15, 0.2) is 17.3 Å². The third-order valence-corrected chi connectivity index (χ3v) is 2.91. The molecule has 0 aliphatic carbocycles. The number of benzene rings is 1. The number of carbonyl (C=O) groups excluding carboxylic acids is 2. The SMILES string of the molecule is COc1ccc(C(=O)CN(CC(N)=O)C(C)C)cc1F. The zero-order chi connectivity index (χ0) is 15.3. The number of carbonyl (C=O) groups is 2. The summed E-state index contributed by atoms with van der Waals surface area (Å²) in [6.45, 7) is 3.70. The van der Waals surface area contributed by atoms with Crippen LogP contribution >= 0.6 is 0 Å². The number of amides is 1. The van der Waals surface area contributed by atoms with Gasteiger partial charge in [0, 0.05) is 11.6 Å². The summed E-state index contributed by atoms with van der Waals surface area (Å²) < 4.78 is 18.3. The predicted molar refractivity (Wildman–Crippen MR) is 73.2 cm³/mol. The van der Waals surface area contributed by atoms with Gasteiger partial charge < -0.3 is 10.5 Å². The van der Waals surface area contributed by atoms with Gasteiger partial charge >= 0.3 is 0 Å². The highest BCUT2D eigenvalue weighted by Crippen LogP contribution is 2.18. The lowest BCUT2D eigenvalue weighted by Crippen LogP contribution is -2.41. The minimum Gasteiger partial charge on any atom is -0.494 e. The standard InChI is InChI=1S/C14H19FN2O3/c1-9(2)17(8-14(16)19)7-12(18)10-4-5-13(20-3)11(15)6-10/h4-6,9H,7-8H2,1-3H3,(H2,16,19). The van der Waals surface area contributed by atoms with Crippen molar-refractivity contribution >= 4 is 11.7 Å². The lowest BCUT2D eigenvalue weighted by atomic mass is 10.1. The Morgan fingerprint density at radius 3 is 2.45 bits per heavy atom. The molecule has 1 amide bonds. The maximum atomic E-state index is 13.6. The summed E-state index contributed by atoms with van der Waals surface area (Å²) in [7, 11) is 1.35. The Labute approximate surface area is 117 Å². The van der Waals surface area contributed by atoms with E-state index in [1.54, 1.807) is 4.90 Å². The maximum Gasteiger partial charge on any atom is 0.231 e. The molecule has 20 heavy (non-hydrogen) atoms.